The highest BCUT2D eigenvalue weighted by Crippen LogP contribution is 2.38. The van der Waals surface area contributed by atoms with E-state index in [0.717, 1.165) is 11.1 Å². The fourth-order valence-corrected chi connectivity index (χ4v) is 1.76. The second-order valence-corrected chi connectivity index (χ2v) is 3.67. The van der Waals surface area contributed by atoms with E-state index in [1.54, 1.807) is 7.11 Å². The number of Topliss-reactive ketones (excluding diaryl/α,β-unsaturated/α-hetero) is 1. The van der Waals surface area contributed by atoms with Crippen LogP contribution < -0.4 is 0 Å². The summed E-state index contributed by atoms with van der Waals surface area (Å²) in [5, 5.41) is 0. The molecule has 0 saturated heterocycles. The zero-order valence-electron chi connectivity index (χ0n) is 8.39. The number of rotatable bonds is 1. The van der Waals surface area contributed by atoms with Crippen molar-refractivity contribution in [1.29, 1.82) is 0 Å². The van der Waals surface area contributed by atoms with Gasteiger partial charge in [-0.3, -0.25) is 4.79 Å². The standard InChI is InChI=1S/C10H16O2/c1-6-7(2)9(11)10(4,12-5)8(6)3/h8H,1-5H3/t8-,10-/m0/s1. The van der Waals surface area contributed by atoms with Gasteiger partial charge in [0, 0.05) is 13.0 Å². The van der Waals surface area contributed by atoms with Crippen LogP contribution in [0.4, 0.5) is 0 Å². The number of carbonyl (C=O) groups is 1. The highest BCUT2D eigenvalue weighted by molar-refractivity contribution is 6.05. The highest BCUT2D eigenvalue weighted by atomic mass is 16.5. The lowest BCUT2D eigenvalue weighted by atomic mass is 9.90. The second kappa shape index (κ2) is 2.70. The first kappa shape index (κ1) is 9.46. The molecule has 0 radical (unpaired) electrons. The van der Waals surface area contributed by atoms with Gasteiger partial charge in [-0.1, -0.05) is 12.5 Å². The van der Waals surface area contributed by atoms with Crippen molar-refractivity contribution in [2.75, 3.05) is 7.11 Å². The van der Waals surface area contributed by atoms with Crippen LogP contribution in [0.3, 0.4) is 0 Å². The molecule has 0 aromatic rings. The molecule has 68 valence electrons. The topological polar surface area (TPSA) is 26.3 Å². The summed E-state index contributed by atoms with van der Waals surface area (Å²) in [4.78, 5) is 11.7. The minimum absolute atomic E-state index is 0.134. The molecule has 1 rings (SSSR count). The van der Waals surface area contributed by atoms with Crippen LogP contribution in [0.1, 0.15) is 27.7 Å². The fourth-order valence-electron chi connectivity index (χ4n) is 1.76. The number of hydrogen-bond donors (Lipinski definition) is 0. The summed E-state index contributed by atoms with van der Waals surface area (Å²) in [5.41, 5.74) is 1.41. The predicted molar refractivity (Wildman–Crippen MR) is 48.0 cm³/mol. The van der Waals surface area contributed by atoms with Gasteiger partial charge >= 0.3 is 0 Å². The molecule has 1 aliphatic rings. The minimum atomic E-state index is -0.617. The van der Waals surface area contributed by atoms with E-state index < -0.39 is 5.60 Å². The van der Waals surface area contributed by atoms with Crippen molar-refractivity contribution in [3.63, 3.8) is 0 Å². The molecule has 0 aliphatic heterocycles. The quantitative estimate of drug-likeness (QED) is 0.598. The third-order valence-corrected chi connectivity index (χ3v) is 3.28. The molecule has 0 aromatic heterocycles. The van der Waals surface area contributed by atoms with Gasteiger partial charge in [-0.2, -0.15) is 0 Å². The molecule has 2 atom stereocenters. The summed E-state index contributed by atoms with van der Waals surface area (Å²) >= 11 is 0. The minimum Gasteiger partial charge on any atom is -0.370 e. The molecule has 0 bridgehead atoms. The Labute approximate surface area is 73.6 Å². The summed E-state index contributed by atoms with van der Waals surface area (Å²) in [6.45, 7) is 7.77. The first-order valence-corrected chi connectivity index (χ1v) is 4.22. The maximum Gasteiger partial charge on any atom is 0.190 e. The van der Waals surface area contributed by atoms with E-state index in [-0.39, 0.29) is 11.7 Å². The molecule has 0 fully saturated rings. The van der Waals surface area contributed by atoms with Gasteiger partial charge in [0.15, 0.2) is 5.78 Å². The molecule has 0 aromatic carbocycles. The zero-order valence-corrected chi connectivity index (χ0v) is 8.39. The average molecular weight is 168 g/mol. The van der Waals surface area contributed by atoms with E-state index in [4.69, 9.17) is 4.74 Å². The SMILES string of the molecule is CO[C@]1(C)C(=O)C(C)=C(C)[C@@H]1C. The molecule has 0 spiro atoms. The fraction of sp³-hybridized carbons (Fsp3) is 0.700. The van der Waals surface area contributed by atoms with Crippen molar-refractivity contribution in [3.8, 4) is 0 Å². The zero-order chi connectivity index (χ0) is 9.52. The van der Waals surface area contributed by atoms with Crippen molar-refractivity contribution >= 4 is 5.78 Å². The van der Waals surface area contributed by atoms with Crippen LogP contribution in [0.25, 0.3) is 0 Å². The van der Waals surface area contributed by atoms with Crippen molar-refractivity contribution in [1.82, 2.24) is 0 Å². The molecule has 0 unspecified atom stereocenters. The monoisotopic (exact) mass is 168 g/mol. The van der Waals surface area contributed by atoms with Gasteiger partial charge in [-0.15, -0.1) is 0 Å². The second-order valence-electron chi connectivity index (χ2n) is 3.67. The molecule has 1 aliphatic carbocycles. The summed E-state index contributed by atoms with van der Waals surface area (Å²) in [6.07, 6.45) is 0. The first-order valence-electron chi connectivity index (χ1n) is 4.22. The van der Waals surface area contributed by atoms with Gasteiger partial charge in [-0.05, 0) is 26.3 Å². The molecule has 0 saturated carbocycles. The van der Waals surface area contributed by atoms with Crippen LogP contribution in [0.2, 0.25) is 0 Å². The smallest absolute Gasteiger partial charge is 0.190 e. The van der Waals surface area contributed by atoms with E-state index in [1.807, 2.05) is 27.7 Å². The number of methoxy groups -OCH3 is 1. The molecular formula is C10H16O2. The number of ketones is 1. The average Bonchev–Trinajstić information content (AvgIpc) is 2.22. The Morgan fingerprint density at radius 1 is 1.42 bits per heavy atom. The number of hydrogen-bond acceptors (Lipinski definition) is 2. The van der Waals surface area contributed by atoms with Crippen LogP contribution in [0.15, 0.2) is 11.1 Å². The molecule has 2 heteroatoms. The van der Waals surface area contributed by atoms with E-state index in [0.29, 0.717) is 0 Å². The Hall–Kier alpha value is -0.630. The van der Waals surface area contributed by atoms with Crippen LogP contribution in [-0.2, 0) is 9.53 Å². The van der Waals surface area contributed by atoms with Crippen molar-refractivity contribution in [3.05, 3.63) is 11.1 Å². The Bertz CT molecular complexity index is 253. The number of ether oxygens (including phenoxy) is 1. The lowest BCUT2D eigenvalue weighted by Gasteiger charge is -2.26. The molecule has 0 N–H and O–H groups in total. The molecular weight excluding hydrogens is 152 g/mol. The lowest BCUT2D eigenvalue weighted by molar-refractivity contribution is -0.136. The van der Waals surface area contributed by atoms with Crippen molar-refractivity contribution in [2.24, 2.45) is 5.92 Å². The predicted octanol–water partition coefficient (Wildman–Crippen LogP) is 1.95. The van der Waals surface area contributed by atoms with Crippen LogP contribution in [-0.4, -0.2) is 18.5 Å². The Morgan fingerprint density at radius 3 is 2.08 bits per heavy atom. The summed E-state index contributed by atoms with van der Waals surface area (Å²) in [5.74, 6) is 0.338. The molecule has 0 amide bonds. The van der Waals surface area contributed by atoms with Gasteiger partial charge < -0.3 is 4.74 Å². The van der Waals surface area contributed by atoms with Gasteiger partial charge in [0.1, 0.15) is 5.60 Å². The number of carbonyl (C=O) groups excluding carboxylic acids is 1. The van der Waals surface area contributed by atoms with Crippen LogP contribution in [0.5, 0.6) is 0 Å². The largest absolute Gasteiger partial charge is 0.370 e. The van der Waals surface area contributed by atoms with E-state index in [1.165, 1.54) is 0 Å². The molecule has 2 nitrogen and oxygen atoms in total. The lowest BCUT2D eigenvalue weighted by Crippen LogP contribution is -2.39. The van der Waals surface area contributed by atoms with Gasteiger partial charge in [0.05, 0.1) is 0 Å². The van der Waals surface area contributed by atoms with Gasteiger partial charge in [0.25, 0.3) is 0 Å². The normalized spacial score (nSPS) is 36.4. The maximum atomic E-state index is 11.7. The van der Waals surface area contributed by atoms with Gasteiger partial charge in [-0.25, -0.2) is 0 Å². The van der Waals surface area contributed by atoms with E-state index >= 15 is 0 Å². The summed E-state index contributed by atoms with van der Waals surface area (Å²) < 4.78 is 5.27. The Kier molecular flexibility index (Phi) is 2.13. The van der Waals surface area contributed by atoms with Crippen molar-refractivity contribution < 1.29 is 9.53 Å². The maximum absolute atomic E-state index is 11.7. The Balaban J connectivity index is 3.11. The van der Waals surface area contributed by atoms with Crippen LogP contribution >= 0.6 is 0 Å². The first-order chi connectivity index (χ1) is 5.45. The third kappa shape index (κ3) is 0.944. The third-order valence-electron chi connectivity index (χ3n) is 3.28. The summed E-state index contributed by atoms with van der Waals surface area (Å²) in [7, 11) is 1.60. The van der Waals surface area contributed by atoms with E-state index in [2.05, 4.69) is 0 Å². The van der Waals surface area contributed by atoms with Crippen LogP contribution in [0, 0.1) is 5.92 Å². The molecule has 0 heterocycles. The Morgan fingerprint density at radius 2 is 1.92 bits per heavy atom. The van der Waals surface area contributed by atoms with E-state index in [9.17, 15) is 4.79 Å². The summed E-state index contributed by atoms with van der Waals surface area (Å²) in [6, 6.07) is 0. The van der Waals surface area contributed by atoms with Gasteiger partial charge in [0.2, 0.25) is 0 Å². The highest BCUT2D eigenvalue weighted by Gasteiger charge is 2.46. The van der Waals surface area contributed by atoms with Crippen molar-refractivity contribution in [2.45, 2.75) is 33.3 Å². The molecule has 12 heavy (non-hydrogen) atoms.